The Bertz CT molecular complexity index is 2180. The van der Waals surface area contributed by atoms with Crippen LogP contribution in [-0.2, 0) is 6.42 Å². The second-order valence-corrected chi connectivity index (χ2v) is 18.1. The molecule has 278 valence electrons. The molecule has 5 aromatic rings. The molecule has 0 saturated carbocycles. The predicted molar refractivity (Wildman–Crippen MR) is 238 cm³/mol. The summed E-state index contributed by atoms with van der Waals surface area (Å²) in [4.78, 5) is 10.1. The molecule has 0 spiro atoms. The number of aryl methyl sites for hydroxylation is 3. The van der Waals surface area contributed by atoms with Gasteiger partial charge in [-0.25, -0.2) is 0 Å². The second kappa shape index (κ2) is 22.3. The third-order valence-electron chi connectivity index (χ3n) is 9.06. The number of rotatable bonds is 20. The fourth-order valence-electron chi connectivity index (χ4n) is 6.24. The third-order valence-corrected chi connectivity index (χ3v) is 13.8. The second-order valence-electron chi connectivity index (χ2n) is 13.4. The Kier molecular flexibility index (Phi) is 16.9. The van der Waals surface area contributed by atoms with Crippen LogP contribution in [0.2, 0.25) is 0 Å². The molecule has 0 saturated heterocycles. The number of terminal acetylenes is 1. The molecule has 0 unspecified atom stereocenters. The predicted octanol–water partition coefficient (Wildman–Crippen LogP) is 14.8. The van der Waals surface area contributed by atoms with Gasteiger partial charge in [0.25, 0.3) is 0 Å². The minimum absolute atomic E-state index is 0.669. The van der Waals surface area contributed by atoms with Gasteiger partial charge >= 0.3 is 0 Å². The molecular weight excluding hydrogens is 737 g/mol. The first-order valence-electron chi connectivity index (χ1n) is 19.3. The van der Waals surface area contributed by atoms with Gasteiger partial charge in [0, 0.05) is 67.9 Å². The van der Waals surface area contributed by atoms with Crippen molar-refractivity contribution in [1.29, 1.82) is 0 Å². The SMILES string of the molecule is C#CC#CC#CC#COc1cc(-c2ccc(-c3ccc(C)s3)s2)c(OCCCCCCCC)cc1-c1cc(CCCCCCCC)c(-c2ccc(C)s2)s1. The van der Waals surface area contributed by atoms with Crippen LogP contribution in [0.1, 0.15) is 106 Å². The van der Waals surface area contributed by atoms with Crippen molar-refractivity contribution in [2.75, 3.05) is 6.61 Å². The molecule has 0 N–H and O–H groups in total. The largest absolute Gasteiger partial charge is 0.493 e. The molecule has 0 amide bonds. The molecule has 0 aliphatic heterocycles. The lowest BCUT2D eigenvalue weighted by molar-refractivity contribution is 0.305. The molecule has 0 aliphatic carbocycles. The van der Waals surface area contributed by atoms with Crippen molar-refractivity contribution in [2.45, 2.75) is 111 Å². The van der Waals surface area contributed by atoms with Gasteiger partial charge in [0.15, 0.2) is 0 Å². The fraction of sp³-hybridized carbons (Fsp3) is 0.375. The van der Waals surface area contributed by atoms with Crippen LogP contribution in [0.25, 0.3) is 40.4 Å². The number of hydrogen-bond donors (Lipinski definition) is 0. The van der Waals surface area contributed by atoms with Gasteiger partial charge in [0.05, 0.1) is 6.61 Å². The highest BCUT2D eigenvalue weighted by atomic mass is 32.1. The summed E-state index contributed by atoms with van der Waals surface area (Å²) in [5.41, 5.74) is 3.38. The molecule has 0 atom stereocenters. The van der Waals surface area contributed by atoms with Gasteiger partial charge in [-0.05, 0) is 111 Å². The van der Waals surface area contributed by atoms with Gasteiger partial charge in [-0.15, -0.1) is 51.8 Å². The molecule has 1 aromatic carbocycles. The van der Waals surface area contributed by atoms with E-state index < -0.39 is 0 Å². The van der Waals surface area contributed by atoms with Crippen LogP contribution < -0.4 is 9.47 Å². The van der Waals surface area contributed by atoms with Crippen LogP contribution >= 0.6 is 45.3 Å². The first-order chi connectivity index (χ1) is 26.5. The minimum atomic E-state index is 0.669. The number of benzene rings is 1. The van der Waals surface area contributed by atoms with E-state index in [2.05, 4.69) is 124 Å². The van der Waals surface area contributed by atoms with Gasteiger partial charge in [-0.1, -0.05) is 78.1 Å². The lowest BCUT2D eigenvalue weighted by atomic mass is 10.0. The highest BCUT2D eigenvalue weighted by molar-refractivity contribution is 7.24. The van der Waals surface area contributed by atoms with E-state index in [0.29, 0.717) is 12.4 Å². The molecule has 0 fully saturated rings. The van der Waals surface area contributed by atoms with Gasteiger partial charge in [-0.2, -0.15) is 0 Å². The van der Waals surface area contributed by atoms with Crippen molar-refractivity contribution in [2.24, 2.45) is 0 Å². The Morgan fingerprint density at radius 1 is 0.537 bits per heavy atom. The highest BCUT2D eigenvalue weighted by Gasteiger charge is 2.21. The molecular formula is C48H50O2S4. The standard InChI is InChI=1S/C48H50O2S4/c1-6-9-12-15-18-21-24-38-33-47(54-48(38)46-28-26-37(5)52-46)40-35-41(49-31-22-19-16-13-10-7-2)39(34-42(40)50-32-23-20-17-14-11-8-3)43-29-30-45(53-43)44-27-25-36(4)51-44/h3,25-30,33-35H,6-7,9-10,12-13,15-16,18-19,21-22,24,31H2,1-2,4-5H3. The van der Waals surface area contributed by atoms with Crippen LogP contribution in [0, 0.1) is 61.9 Å². The van der Waals surface area contributed by atoms with Gasteiger partial charge < -0.3 is 9.47 Å². The quantitative estimate of drug-likeness (QED) is 0.0578. The van der Waals surface area contributed by atoms with Gasteiger partial charge in [-0.3, -0.25) is 0 Å². The Morgan fingerprint density at radius 3 is 1.81 bits per heavy atom. The van der Waals surface area contributed by atoms with Gasteiger partial charge in [0.2, 0.25) is 0 Å². The van der Waals surface area contributed by atoms with Crippen LogP contribution in [0.4, 0.5) is 0 Å². The Balaban J connectivity index is 1.56. The molecule has 54 heavy (non-hydrogen) atoms. The lowest BCUT2D eigenvalue weighted by Gasteiger charge is -2.15. The number of unbranched alkanes of at least 4 members (excludes halogenated alkanes) is 10. The zero-order valence-electron chi connectivity index (χ0n) is 32.1. The molecule has 4 aromatic heterocycles. The Hall–Kier alpha value is -4.14. The van der Waals surface area contributed by atoms with Crippen molar-refractivity contribution in [3.05, 3.63) is 69.9 Å². The van der Waals surface area contributed by atoms with Crippen LogP contribution in [0.5, 0.6) is 11.5 Å². The molecule has 0 radical (unpaired) electrons. The number of ether oxygens (including phenoxy) is 2. The first kappa shape index (κ1) is 41.0. The third kappa shape index (κ3) is 12.2. The molecule has 2 nitrogen and oxygen atoms in total. The normalized spacial score (nSPS) is 10.4. The summed E-state index contributed by atoms with van der Waals surface area (Å²) in [7, 11) is 0. The van der Waals surface area contributed by atoms with E-state index in [1.165, 1.54) is 105 Å². The summed E-state index contributed by atoms with van der Waals surface area (Å²) in [6.07, 6.45) is 24.0. The molecule has 0 aliphatic rings. The average Bonchev–Trinajstić information content (AvgIpc) is 4.00. The van der Waals surface area contributed by atoms with E-state index in [-0.39, 0.29) is 0 Å². The minimum Gasteiger partial charge on any atom is -0.493 e. The highest BCUT2D eigenvalue weighted by Crippen LogP contribution is 2.49. The Labute approximate surface area is 340 Å². The summed E-state index contributed by atoms with van der Waals surface area (Å²) in [5.74, 6) is 17.2. The summed E-state index contributed by atoms with van der Waals surface area (Å²) in [6, 6.07) is 20.0. The smallest absolute Gasteiger partial charge is 0.149 e. The summed E-state index contributed by atoms with van der Waals surface area (Å²) >= 11 is 7.30. The van der Waals surface area contributed by atoms with Crippen molar-refractivity contribution < 1.29 is 9.47 Å². The van der Waals surface area contributed by atoms with Gasteiger partial charge in [0.1, 0.15) is 17.6 Å². The van der Waals surface area contributed by atoms with Crippen LogP contribution in [0.3, 0.4) is 0 Å². The zero-order valence-corrected chi connectivity index (χ0v) is 35.4. The van der Waals surface area contributed by atoms with Crippen molar-refractivity contribution in [3.63, 3.8) is 0 Å². The summed E-state index contributed by atoms with van der Waals surface area (Å²) in [6.45, 7) is 9.54. The molecule has 6 heteroatoms. The molecule has 5 rings (SSSR count). The topological polar surface area (TPSA) is 18.5 Å². The van der Waals surface area contributed by atoms with E-state index in [1.54, 1.807) is 11.3 Å². The zero-order chi connectivity index (χ0) is 38.0. The number of hydrogen-bond acceptors (Lipinski definition) is 6. The van der Waals surface area contributed by atoms with Crippen molar-refractivity contribution in [3.8, 4) is 99.9 Å². The van der Waals surface area contributed by atoms with Crippen molar-refractivity contribution >= 4 is 45.3 Å². The Morgan fingerprint density at radius 2 is 1.11 bits per heavy atom. The molecule has 0 bridgehead atoms. The number of thiophene rings is 4. The first-order valence-corrected chi connectivity index (χ1v) is 22.6. The van der Waals surface area contributed by atoms with Crippen molar-refractivity contribution in [1.82, 2.24) is 0 Å². The summed E-state index contributed by atoms with van der Waals surface area (Å²) < 4.78 is 13.0. The van der Waals surface area contributed by atoms with Crippen LogP contribution in [-0.4, -0.2) is 6.61 Å². The van der Waals surface area contributed by atoms with Crippen LogP contribution in [0.15, 0.2) is 54.6 Å². The fourth-order valence-corrected chi connectivity index (χ4v) is 10.5. The summed E-state index contributed by atoms with van der Waals surface area (Å²) in [5, 5.41) is 0. The average molecular weight is 787 g/mol. The monoisotopic (exact) mass is 786 g/mol. The maximum atomic E-state index is 6.72. The molecule has 4 heterocycles. The maximum Gasteiger partial charge on any atom is 0.149 e. The van der Waals surface area contributed by atoms with E-state index in [0.717, 1.165) is 39.5 Å². The lowest BCUT2D eigenvalue weighted by Crippen LogP contribution is -2.00. The van der Waals surface area contributed by atoms with E-state index in [4.69, 9.17) is 15.9 Å². The maximum absolute atomic E-state index is 6.72. The van der Waals surface area contributed by atoms with E-state index in [9.17, 15) is 0 Å². The van der Waals surface area contributed by atoms with E-state index in [1.807, 2.05) is 34.0 Å². The van der Waals surface area contributed by atoms with E-state index >= 15 is 0 Å².